The molecule has 1 atom stereocenters. The van der Waals surface area contributed by atoms with Crippen molar-refractivity contribution in [2.24, 2.45) is 4.99 Å². The molecule has 0 saturated carbocycles. The van der Waals surface area contributed by atoms with Gasteiger partial charge in [0.15, 0.2) is 0 Å². The third-order valence-electron chi connectivity index (χ3n) is 3.60. The maximum atomic E-state index is 12.5. The minimum absolute atomic E-state index is 0.0754. The van der Waals surface area contributed by atoms with Crippen LogP contribution in [-0.2, 0) is 14.4 Å². The molecular weight excluding hydrogens is 316 g/mol. The topological polar surface area (TPSA) is 117 Å². The van der Waals surface area contributed by atoms with Crippen molar-refractivity contribution in [1.82, 2.24) is 10.6 Å². The highest BCUT2D eigenvalue weighted by Gasteiger charge is 2.40. The smallest absolute Gasteiger partial charge is 0.326 e. The van der Waals surface area contributed by atoms with Gasteiger partial charge in [-0.05, 0) is 24.3 Å². The molecule has 0 spiro atoms. The number of anilines is 1. The number of amides is 5. The van der Waals surface area contributed by atoms with E-state index in [-0.39, 0.29) is 18.7 Å². The Morgan fingerprint density at radius 2 is 1.83 bits per heavy atom. The van der Waals surface area contributed by atoms with Crippen LogP contribution in [0.25, 0.3) is 0 Å². The molecule has 0 bridgehead atoms. The molecule has 0 radical (unpaired) electrons. The standard InChI is InChI=1S/C15H14N4O5/c1-24-9-4-2-8(3-5-9)19-13(21)6-10(14(19)22)16-11-7-12(20)18-15(23)17-11/h2-5,10H,6-7H2,1H3,(H2,16,17,18,20,23)/t10-/m1/s1. The van der Waals surface area contributed by atoms with Crippen molar-refractivity contribution in [2.75, 3.05) is 12.0 Å². The Morgan fingerprint density at radius 3 is 2.46 bits per heavy atom. The monoisotopic (exact) mass is 330 g/mol. The summed E-state index contributed by atoms with van der Waals surface area (Å²) >= 11 is 0. The van der Waals surface area contributed by atoms with Gasteiger partial charge < -0.3 is 4.74 Å². The molecule has 0 aromatic heterocycles. The van der Waals surface area contributed by atoms with Crippen molar-refractivity contribution in [2.45, 2.75) is 18.9 Å². The lowest BCUT2D eigenvalue weighted by atomic mass is 10.2. The van der Waals surface area contributed by atoms with Gasteiger partial charge in [0.05, 0.1) is 25.6 Å². The van der Waals surface area contributed by atoms with Gasteiger partial charge in [0.25, 0.3) is 5.91 Å². The van der Waals surface area contributed by atoms with Crippen LogP contribution in [0.5, 0.6) is 5.75 Å². The number of ether oxygens (including phenoxy) is 1. The largest absolute Gasteiger partial charge is 0.497 e. The summed E-state index contributed by atoms with van der Waals surface area (Å²) in [5.41, 5.74) is 0.416. The van der Waals surface area contributed by atoms with E-state index in [4.69, 9.17) is 4.74 Å². The number of carbonyl (C=O) groups is 4. The molecule has 1 aromatic carbocycles. The first kappa shape index (κ1) is 15.7. The van der Waals surface area contributed by atoms with Crippen LogP contribution in [0.1, 0.15) is 12.8 Å². The highest BCUT2D eigenvalue weighted by Crippen LogP contribution is 2.26. The SMILES string of the molecule is COc1ccc(N2C(=O)C[C@@H](N=C3CC(=O)NC(=O)N3)C2=O)cc1. The van der Waals surface area contributed by atoms with Crippen molar-refractivity contribution < 1.29 is 23.9 Å². The fourth-order valence-electron chi connectivity index (χ4n) is 2.51. The zero-order valence-electron chi connectivity index (χ0n) is 12.7. The molecule has 2 aliphatic heterocycles. The fourth-order valence-corrected chi connectivity index (χ4v) is 2.51. The highest BCUT2D eigenvalue weighted by molar-refractivity contribution is 6.23. The van der Waals surface area contributed by atoms with Gasteiger partial charge in [-0.25, -0.2) is 9.69 Å². The van der Waals surface area contributed by atoms with Crippen LogP contribution in [0, 0.1) is 0 Å². The molecule has 0 aliphatic carbocycles. The van der Waals surface area contributed by atoms with Gasteiger partial charge in [0.2, 0.25) is 11.8 Å². The number of hydrogen-bond acceptors (Lipinski definition) is 6. The Kier molecular flexibility index (Phi) is 3.98. The molecule has 2 fully saturated rings. The number of urea groups is 1. The summed E-state index contributed by atoms with van der Waals surface area (Å²) < 4.78 is 5.04. The van der Waals surface area contributed by atoms with Crippen molar-refractivity contribution >= 4 is 35.3 Å². The van der Waals surface area contributed by atoms with Crippen molar-refractivity contribution in [3.05, 3.63) is 24.3 Å². The van der Waals surface area contributed by atoms with E-state index in [1.807, 2.05) is 0 Å². The van der Waals surface area contributed by atoms with E-state index in [0.29, 0.717) is 11.4 Å². The van der Waals surface area contributed by atoms with Gasteiger partial charge in [-0.15, -0.1) is 0 Å². The van der Waals surface area contributed by atoms with Crippen LogP contribution >= 0.6 is 0 Å². The molecule has 9 heteroatoms. The first-order chi connectivity index (χ1) is 11.5. The second kappa shape index (κ2) is 6.11. The van der Waals surface area contributed by atoms with E-state index in [1.54, 1.807) is 24.3 Å². The highest BCUT2D eigenvalue weighted by atomic mass is 16.5. The predicted molar refractivity (Wildman–Crippen MR) is 82.6 cm³/mol. The number of benzene rings is 1. The molecule has 0 unspecified atom stereocenters. The molecule has 24 heavy (non-hydrogen) atoms. The molecule has 2 heterocycles. The number of amidine groups is 1. The van der Waals surface area contributed by atoms with Crippen molar-refractivity contribution in [3.8, 4) is 5.75 Å². The van der Waals surface area contributed by atoms with E-state index < -0.39 is 29.8 Å². The van der Waals surface area contributed by atoms with Crippen molar-refractivity contribution in [1.29, 1.82) is 0 Å². The molecule has 9 nitrogen and oxygen atoms in total. The van der Waals surface area contributed by atoms with Crippen molar-refractivity contribution in [3.63, 3.8) is 0 Å². The van der Waals surface area contributed by atoms with E-state index >= 15 is 0 Å². The average Bonchev–Trinajstić information content (AvgIpc) is 2.80. The number of rotatable bonds is 3. The van der Waals surface area contributed by atoms with Gasteiger partial charge >= 0.3 is 6.03 Å². The zero-order chi connectivity index (χ0) is 17.3. The van der Waals surface area contributed by atoms with Crippen LogP contribution in [0.2, 0.25) is 0 Å². The maximum absolute atomic E-state index is 12.5. The van der Waals surface area contributed by atoms with E-state index in [0.717, 1.165) is 4.90 Å². The summed E-state index contributed by atoms with van der Waals surface area (Å²) in [7, 11) is 1.52. The van der Waals surface area contributed by atoms with Crippen LogP contribution < -0.4 is 20.3 Å². The number of nitrogens with one attached hydrogen (secondary N) is 2. The number of methoxy groups -OCH3 is 1. The van der Waals surface area contributed by atoms with Gasteiger partial charge in [-0.3, -0.25) is 30.0 Å². The van der Waals surface area contributed by atoms with E-state index in [1.165, 1.54) is 7.11 Å². The number of nitrogens with zero attached hydrogens (tertiary/aromatic N) is 2. The Bertz CT molecular complexity index is 738. The lowest BCUT2D eigenvalue weighted by molar-refractivity contribution is -0.122. The molecule has 1 aromatic rings. The third-order valence-corrected chi connectivity index (χ3v) is 3.60. The zero-order valence-corrected chi connectivity index (χ0v) is 12.7. The summed E-state index contributed by atoms with van der Waals surface area (Å²) in [4.78, 5) is 52.3. The second-order valence-electron chi connectivity index (χ2n) is 5.24. The Hall–Kier alpha value is -3.23. The number of carbonyl (C=O) groups excluding carboxylic acids is 4. The summed E-state index contributed by atoms with van der Waals surface area (Å²) in [5.74, 6) is -0.734. The molecule has 124 valence electrons. The number of aliphatic imine (C=N–C) groups is 1. The minimum atomic E-state index is -0.958. The molecular formula is C15H14N4O5. The normalized spacial score (nSPS) is 22.6. The van der Waals surface area contributed by atoms with Gasteiger partial charge in [0.1, 0.15) is 17.6 Å². The van der Waals surface area contributed by atoms with Crippen LogP contribution in [0.15, 0.2) is 29.3 Å². The fraction of sp³-hybridized carbons (Fsp3) is 0.267. The van der Waals surface area contributed by atoms with E-state index in [2.05, 4.69) is 15.6 Å². The maximum Gasteiger partial charge on any atom is 0.326 e. The third kappa shape index (κ3) is 2.96. The van der Waals surface area contributed by atoms with Gasteiger partial charge in [-0.1, -0.05) is 0 Å². The average molecular weight is 330 g/mol. The predicted octanol–water partition coefficient (Wildman–Crippen LogP) is -0.0449. The quantitative estimate of drug-likeness (QED) is 0.754. The Balaban J connectivity index is 1.80. The summed E-state index contributed by atoms with van der Waals surface area (Å²) in [6, 6.07) is 4.82. The summed E-state index contributed by atoms with van der Waals surface area (Å²) in [6.07, 6.45) is -0.266. The van der Waals surface area contributed by atoms with E-state index in [9.17, 15) is 19.2 Å². The molecule has 2 N–H and O–H groups in total. The van der Waals surface area contributed by atoms with Gasteiger partial charge in [-0.2, -0.15) is 0 Å². The molecule has 3 rings (SSSR count). The van der Waals surface area contributed by atoms with Crippen LogP contribution in [0.4, 0.5) is 10.5 Å². The minimum Gasteiger partial charge on any atom is -0.497 e. The molecule has 2 aliphatic rings. The number of imide groups is 2. The first-order valence-electron chi connectivity index (χ1n) is 7.16. The Morgan fingerprint density at radius 1 is 1.12 bits per heavy atom. The summed E-state index contributed by atoms with van der Waals surface area (Å²) in [6.45, 7) is 0. The molecule has 2 saturated heterocycles. The van der Waals surface area contributed by atoms with Crippen LogP contribution in [-0.4, -0.2) is 42.7 Å². The second-order valence-corrected chi connectivity index (χ2v) is 5.24. The number of hydrogen-bond donors (Lipinski definition) is 2. The lowest BCUT2D eigenvalue weighted by Gasteiger charge is -2.17. The van der Waals surface area contributed by atoms with Crippen LogP contribution in [0.3, 0.4) is 0 Å². The van der Waals surface area contributed by atoms with Gasteiger partial charge in [0, 0.05) is 0 Å². The summed E-state index contributed by atoms with van der Waals surface area (Å²) in [5, 5.41) is 4.41. The first-order valence-corrected chi connectivity index (χ1v) is 7.16. The molecule has 5 amide bonds. The lowest BCUT2D eigenvalue weighted by Crippen LogP contribution is -2.50. The Labute approximate surface area is 136 Å².